The molecule has 2 aromatic carbocycles. The fraction of sp³-hybridized carbons (Fsp3) is 0.360. The van der Waals surface area contributed by atoms with Gasteiger partial charge in [-0.3, -0.25) is 13.8 Å². The first kappa shape index (κ1) is 27.1. The van der Waals surface area contributed by atoms with Crippen LogP contribution < -0.4 is 16.4 Å². The van der Waals surface area contributed by atoms with Crippen LogP contribution in [0.5, 0.6) is 0 Å². The molecule has 0 bridgehead atoms. The van der Waals surface area contributed by atoms with E-state index in [9.17, 15) is 18.0 Å². The first-order valence-corrected chi connectivity index (χ1v) is 12.8. The standard InChI is InChI=1S/C25H33N3O5S/c1-19(2)18-33-34(31,32)15-9-14-27-25(30)23(17-21-12-7-4-8-13-21)28-24(29)22(26)16-20-10-5-3-6-11-20/h3-8,10-13,16,19,23H,9,14-15,17-18,26H2,1-2H3,(H,27,30)(H,28,29)/b22-16-/t23-/m0/s1. The average Bonchev–Trinajstić information content (AvgIpc) is 2.81. The predicted octanol–water partition coefficient (Wildman–Crippen LogP) is 2.22. The summed E-state index contributed by atoms with van der Waals surface area (Å²) in [5.41, 5.74) is 7.55. The van der Waals surface area contributed by atoms with Crippen LogP contribution in [0.4, 0.5) is 0 Å². The third-order valence-corrected chi connectivity index (χ3v) is 6.02. The lowest BCUT2D eigenvalue weighted by atomic mass is 10.0. The van der Waals surface area contributed by atoms with E-state index in [0.29, 0.717) is 0 Å². The monoisotopic (exact) mass is 487 g/mol. The van der Waals surface area contributed by atoms with E-state index in [1.807, 2.05) is 74.5 Å². The smallest absolute Gasteiger partial charge is 0.267 e. The summed E-state index contributed by atoms with van der Waals surface area (Å²) in [6, 6.07) is 17.5. The van der Waals surface area contributed by atoms with Gasteiger partial charge in [0.25, 0.3) is 16.0 Å². The van der Waals surface area contributed by atoms with Crippen molar-refractivity contribution in [2.75, 3.05) is 18.9 Å². The van der Waals surface area contributed by atoms with Crippen LogP contribution >= 0.6 is 0 Å². The summed E-state index contributed by atoms with van der Waals surface area (Å²) >= 11 is 0. The van der Waals surface area contributed by atoms with Crippen molar-refractivity contribution in [3.63, 3.8) is 0 Å². The van der Waals surface area contributed by atoms with Gasteiger partial charge in [0.15, 0.2) is 0 Å². The lowest BCUT2D eigenvalue weighted by molar-refractivity contribution is -0.127. The third kappa shape index (κ3) is 10.2. The summed E-state index contributed by atoms with van der Waals surface area (Å²) in [7, 11) is -3.65. The Morgan fingerprint density at radius 2 is 1.65 bits per heavy atom. The van der Waals surface area contributed by atoms with E-state index < -0.39 is 28.0 Å². The largest absolute Gasteiger partial charge is 0.394 e. The highest BCUT2D eigenvalue weighted by Gasteiger charge is 2.22. The summed E-state index contributed by atoms with van der Waals surface area (Å²) in [6.07, 6.45) is 1.98. The average molecular weight is 488 g/mol. The van der Waals surface area contributed by atoms with Crippen molar-refractivity contribution in [3.05, 3.63) is 77.5 Å². The molecule has 0 aliphatic heterocycles. The van der Waals surface area contributed by atoms with Crippen molar-refractivity contribution < 1.29 is 22.2 Å². The second-order valence-corrected chi connectivity index (χ2v) is 10.1. The Morgan fingerprint density at radius 1 is 1.03 bits per heavy atom. The summed E-state index contributed by atoms with van der Waals surface area (Å²) in [5.74, 6) is -1.10. The fourth-order valence-corrected chi connectivity index (χ4v) is 4.07. The molecular weight excluding hydrogens is 454 g/mol. The van der Waals surface area contributed by atoms with Crippen LogP contribution in [0.25, 0.3) is 6.08 Å². The molecule has 184 valence electrons. The number of nitrogens with one attached hydrogen (secondary N) is 2. The normalized spacial score (nSPS) is 12.9. The van der Waals surface area contributed by atoms with E-state index in [-0.39, 0.29) is 43.4 Å². The molecular formula is C25H33N3O5S. The minimum atomic E-state index is -3.65. The number of carbonyl (C=O) groups excluding carboxylic acids is 2. The molecule has 0 saturated carbocycles. The molecule has 2 rings (SSSR count). The van der Waals surface area contributed by atoms with E-state index in [4.69, 9.17) is 9.92 Å². The SMILES string of the molecule is CC(C)COS(=O)(=O)CCCNC(=O)[C@H](Cc1ccccc1)NC(=O)/C(N)=C/c1ccccc1. The molecule has 0 saturated heterocycles. The highest BCUT2D eigenvalue weighted by atomic mass is 32.2. The summed E-state index contributed by atoms with van der Waals surface area (Å²) in [4.78, 5) is 25.5. The van der Waals surface area contributed by atoms with Crippen LogP contribution in [0.3, 0.4) is 0 Å². The van der Waals surface area contributed by atoms with Gasteiger partial charge in [0, 0.05) is 13.0 Å². The Labute approximate surface area is 201 Å². The van der Waals surface area contributed by atoms with Crippen molar-refractivity contribution >= 4 is 28.0 Å². The van der Waals surface area contributed by atoms with E-state index in [1.165, 1.54) is 6.08 Å². The van der Waals surface area contributed by atoms with E-state index in [2.05, 4.69) is 10.6 Å². The minimum Gasteiger partial charge on any atom is -0.394 e. The highest BCUT2D eigenvalue weighted by molar-refractivity contribution is 7.86. The molecule has 0 spiro atoms. The maximum Gasteiger partial charge on any atom is 0.267 e. The zero-order chi connectivity index (χ0) is 25.0. The molecule has 9 heteroatoms. The van der Waals surface area contributed by atoms with Gasteiger partial charge in [0.2, 0.25) is 5.91 Å². The summed E-state index contributed by atoms with van der Waals surface area (Å²) < 4.78 is 28.8. The van der Waals surface area contributed by atoms with Gasteiger partial charge in [0.05, 0.1) is 18.1 Å². The molecule has 0 fully saturated rings. The number of benzene rings is 2. The Morgan fingerprint density at radius 3 is 2.26 bits per heavy atom. The van der Waals surface area contributed by atoms with Gasteiger partial charge in [-0.1, -0.05) is 74.5 Å². The molecule has 0 radical (unpaired) electrons. The van der Waals surface area contributed by atoms with Crippen LogP contribution in [0, 0.1) is 5.92 Å². The fourth-order valence-electron chi connectivity index (χ4n) is 2.98. The highest BCUT2D eigenvalue weighted by Crippen LogP contribution is 2.07. The summed E-state index contributed by atoms with van der Waals surface area (Å²) in [5, 5.41) is 5.39. The molecule has 2 aromatic rings. The first-order valence-electron chi connectivity index (χ1n) is 11.2. The van der Waals surface area contributed by atoms with Crippen molar-refractivity contribution in [1.82, 2.24) is 10.6 Å². The Balaban J connectivity index is 1.98. The first-order chi connectivity index (χ1) is 16.2. The minimum absolute atomic E-state index is 0.0227. The molecule has 2 amide bonds. The number of hydrogen-bond donors (Lipinski definition) is 3. The molecule has 1 atom stereocenters. The quantitative estimate of drug-likeness (QED) is 0.226. The Hall–Kier alpha value is -3.17. The molecule has 4 N–H and O–H groups in total. The number of hydrogen-bond acceptors (Lipinski definition) is 6. The molecule has 0 heterocycles. The molecule has 8 nitrogen and oxygen atoms in total. The van der Waals surface area contributed by atoms with Crippen LogP contribution in [0.2, 0.25) is 0 Å². The van der Waals surface area contributed by atoms with Crippen molar-refractivity contribution in [2.24, 2.45) is 11.7 Å². The van der Waals surface area contributed by atoms with Gasteiger partial charge in [-0.05, 0) is 29.5 Å². The van der Waals surface area contributed by atoms with Gasteiger partial charge in [-0.2, -0.15) is 8.42 Å². The molecule has 0 unspecified atom stereocenters. The second-order valence-electron chi connectivity index (χ2n) is 8.31. The Bertz CT molecular complexity index is 1050. The molecule has 0 aliphatic rings. The maximum atomic E-state index is 12.8. The zero-order valence-electron chi connectivity index (χ0n) is 19.6. The van der Waals surface area contributed by atoms with Gasteiger partial charge in [-0.15, -0.1) is 0 Å². The second kappa shape index (κ2) is 13.5. The van der Waals surface area contributed by atoms with Crippen molar-refractivity contribution in [3.8, 4) is 0 Å². The van der Waals surface area contributed by atoms with E-state index in [1.54, 1.807) is 0 Å². The molecule has 34 heavy (non-hydrogen) atoms. The number of amides is 2. The van der Waals surface area contributed by atoms with Gasteiger partial charge in [-0.25, -0.2) is 0 Å². The van der Waals surface area contributed by atoms with Gasteiger partial charge >= 0.3 is 0 Å². The molecule has 0 aliphatic carbocycles. The Kier molecular flexibility index (Phi) is 10.8. The van der Waals surface area contributed by atoms with Gasteiger partial charge in [0.1, 0.15) is 6.04 Å². The van der Waals surface area contributed by atoms with Crippen molar-refractivity contribution in [2.45, 2.75) is 32.7 Å². The summed E-state index contributed by atoms with van der Waals surface area (Å²) in [6.45, 7) is 3.97. The van der Waals surface area contributed by atoms with Crippen molar-refractivity contribution in [1.29, 1.82) is 0 Å². The van der Waals surface area contributed by atoms with Crippen LogP contribution in [0.1, 0.15) is 31.4 Å². The van der Waals surface area contributed by atoms with E-state index >= 15 is 0 Å². The number of carbonyl (C=O) groups is 2. The van der Waals surface area contributed by atoms with E-state index in [0.717, 1.165) is 11.1 Å². The van der Waals surface area contributed by atoms with Crippen LogP contribution in [-0.2, 0) is 30.3 Å². The lowest BCUT2D eigenvalue weighted by Crippen LogP contribution is -2.49. The van der Waals surface area contributed by atoms with Crippen LogP contribution in [0.15, 0.2) is 66.4 Å². The predicted molar refractivity (Wildman–Crippen MR) is 133 cm³/mol. The topological polar surface area (TPSA) is 128 Å². The number of nitrogens with two attached hydrogens (primary N) is 1. The maximum absolute atomic E-state index is 12.8. The lowest BCUT2D eigenvalue weighted by Gasteiger charge is -2.19. The van der Waals surface area contributed by atoms with Crippen LogP contribution in [-0.4, -0.2) is 45.2 Å². The van der Waals surface area contributed by atoms with Gasteiger partial charge < -0.3 is 16.4 Å². The number of rotatable bonds is 13. The zero-order valence-corrected chi connectivity index (χ0v) is 20.4. The third-order valence-electron chi connectivity index (χ3n) is 4.74. The molecule has 0 aromatic heterocycles.